The number of thiazole rings is 3. The Bertz CT molecular complexity index is 4520. The Hall–Kier alpha value is -10.1. The fraction of sp³-hybridized carbons (Fsp3) is 0.455. The number of carboxylic acids is 1. The first-order valence-electron chi connectivity index (χ1n) is 32.5. The van der Waals surface area contributed by atoms with Crippen LogP contribution in [0.3, 0.4) is 0 Å². The monoisotopic (exact) mass is 1460 g/mol. The Kier molecular flexibility index (Phi) is 24.7. The summed E-state index contributed by atoms with van der Waals surface area (Å²) in [5.41, 5.74) is 2.55. The molecule has 3 fully saturated rings. The first-order valence-corrected chi connectivity index (χ1v) is 34.9. The summed E-state index contributed by atoms with van der Waals surface area (Å²) in [5, 5.41) is 32.2. The summed E-state index contributed by atoms with van der Waals surface area (Å²) >= 11 is 3.96. The number of halogens is 3. The van der Waals surface area contributed by atoms with E-state index in [1.165, 1.54) is 65.3 Å². The molecule has 0 unspecified atom stereocenters. The summed E-state index contributed by atoms with van der Waals surface area (Å²) in [5.74, 6) is -1.44. The van der Waals surface area contributed by atoms with E-state index >= 15 is 0 Å². The highest BCUT2D eigenvalue weighted by molar-refractivity contribution is 7.19. The Morgan fingerprint density at radius 2 is 0.833 bits per heavy atom. The number of ether oxygens (including phenoxy) is 2. The molecule has 542 valence electrons. The number of nitrogens with one attached hydrogen (secondary N) is 7. The Labute approximate surface area is 596 Å². The lowest BCUT2D eigenvalue weighted by molar-refractivity contribution is -0.119. The first kappa shape index (κ1) is 76.1. The number of fused-ring (bicyclic) bond motifs is 3. The van der Waals surface area contributed by atoms with Crippen molar-refractivity contribution in [3.8, 4) is 0 Å². The highest BCUT2D eigenvalue weighted by Crippen LogP contribution is 2.32. The predicted molar refractivity (Wildman–Crippen MR) is 378 cm³/mol. The summed E-state index contributed by atoms with van der Waals surface area (Å²) in [4.78, 5) is 126. The first-order chi connectivity index (χ1) is 48.2. The van der Waals surface area contributed by atoms with Gasteiger partial charge in [-0.1, -0.05) is 0 Å². The van der Waals surface area contributed by atoms with E-state index < -0.39 is 40.7 Å². The fourth-order valence-electron chi connectivity index (χ4n) is 10.1. The average Bonchev–Trinajstić information content (AvgIpc) is 1.57. The normalized spacial score (nSPS) is 14.7. The highest BCUT2D eigenvalue weighted by atomic mass is 32.1. The molecular weight excluding hydrogens is 1380 g/mol. The van der Waals surface area contributed by atoms with Crippen molar-refractivity contribution in [3.05, 3.63) is 122 Å². The predicted octanol–water partition coefficient (Wildman–Crippen LogP) is 9.54. The number of amides is 5. The molecule has 0 aromatic carbocycles. The van der Waals surface area contributed by atoms with Crippen LogP contribution in [0.4, 0.5) is 40.6 Å². The maximum atomic E-state index is 13.6. The SMILES string of the molecule is CC(=O)NCC1CN(C(=O)c2nc(N[C@@H](C)c3cncc(F)c3)nc3nc(C)sc23)C1.CC(C)(C)OC(=O)NCC1CNC1.Cc1nc2nc(N[C@@H](C)c3cncc(F)c3)nc(C(=O)N3CC(CNC(=O)OC(C)(C)C)C3)c2s1.Cc1nc2nc(N[C@@H](C)c3cncc(F)c3)nc(C(=O)O)c2s1. The Morgan fingerprint density at radius 1 is 0.510 bits per heavy atom. The van der Waals surface area contributed by atoms with E-state index in [4.69, 9.17) is 9.47 Å². The second-order valence-electron chi connectivity index (χ2n) is 26.4. The number of aromatic nitrogens is 12. The van der Waals surface area contributed by atoms with Crippen molar-refractivity contribution in [2.45, 2.75) is 119 Å². The quantitative estimate of drug-likeness (QED) is 0.0396. The average molecular weight is 1460 g/mol. The molecule has 0 spiro atoms. The molecule has 36 heteroatoms. The zero-order valence-corrected chi connectivity index (χ0v) is 60.8. The molecule has 5 amide bonds. The van der Waals surface area contributed by atoms with Crippen molar-refractivity contribution in [2.75, 3.05) is 74.9 Å². The number of rotatable bonds is 18. The molecule has 9 aromatic heterocycles. The number of carbonyl (C=O) groups excluding carboxylic acids is 5. The Morgan fingerprint density at radius 3 is 1.14 bits per heavy atom. The number of likely N-dealkylation sites (tertiary alicyclic amines) is 2. The number of carbonyl (C=O) groups is 6. The second-order valence-corrected chi connectivity index (χ2v) is 30.0. The third kappa shape index (κ3) is 21.3. The molecule has 9 aromatic rings. The maximum absolute atomic E-state index is 13.6. The third-order valence-corrected chi connectivity index (χ3v) is 18.2. The summed E-state index contributed by atoms with van der Waals surface area (Å²) in [6, 6.07) is 3.09. The summed E-state index contributed by atoms with van der Waals surface area (Å²) in [6.07, 6.45) is 7.23. The minimum atomic E-state index is -1.15. The lowest BCUT2D eigenvalue weighted by Gasteiger charge is -2.39. The van der Waals surface area contributed by atoms with Crippen LogP contribution in [-0.4, -0.2) is 181 Å². The van der Waals surface area contributed by atoms with Crippen LogP contribution in [0, 0.1) is 56.0 Å². The van der Waals surface area contributed by atoms with Crippen molar-refractivity contribution in [1.82, 2.24) is 90.9 Å². The van der Waals surface area contributed by atoms with Crippen molar-refractivity contribution in [1.29, 1.82) is 0 Å². The van der Waals surface area contributed by atoms with Gasteiger partial charge in [0.1, 0.15) is 42.8 Å². The number of carboxylic acid groups (broad SMARTS) is 1. The van der Waals surface area contributed by atoms with Crippen LogP contribution in [0.25, 0.3) is 31.0 Å². The van der Waals surface area contributed by atoms with Gasteiger partial charge in [0.2, 0.25) is 23.8 Å². The molecular formula is C66H80F3N21O9S3. The maximum Gasteiger partial charge on any atom is 0.407 e. The van der Waals surface area contributed by atoms with E-state index in [0.29, 0.717) is 110 Å². The molecule has 30 nitrogen and oxygen atoms in total. The third-order valence-electron chi connectivity index (χ3n) is 15.3. The lowest BCUT2D eigenvalue weighted by Crippen LogP contribution is -2.54. The van der Waals surface area contributed by atoms with Crippen LogP contribution in [0.1, 0.15) is 151 Å². The van der Waals surface area contributed by atoms with Crippen LogP contribution in [-0.2, 0) is 14.3 Å². The smallest absolute Gasteiger partial charge is 0.407 e. The molecule has 0 bridgehead atoms. The molecule has 3 atom stereocenters. The van der Waals surface area contributed by atoms with Gasteiger partial charge in [-0.25, -0.2) is 57.5 Å². The van der Waals surface area contributed by atoms with Crippen LogP contribution in [0.2, 0.25) is 0 Å². The highest BCUT2D eigenvalue weighted by Gasteiger charge is 2.36. The zero-order chi connectivity index (χ0) is 73.9. The van der Waals surface area contributed by atoms with Gasteiger partial charge in [0.25, 0.3) is 11.8 Å². The van der Waals surface area contributed by atoms with Crippen LogP contribution in [0.5, 0.6) is 0 Å². The van der Waals surface area contributed by atoms with Gasteiger partial charge < -0.3 is 61.6 Å². The van der Waals surface area contributed by atoms with E-state index in [0.717, 1.165) is 41.7 Å². The van der Waals surface area contributed by atoms with Crippen molar-refractivity contribution < 1.29 is 56.5 Å². The van der Waals surface area contributed by atoms with Gasteiger partial charge in [-0.2, -0.15) is 15.0 Å². The molecule has 3 saturated heterocycles. The molecule has 0 aliphatic carbocycles. The minimum Gasteiger partial charge on any atom is -0.476 e. The van der Waals surface area contributed by atoms with Crippen molar-refractivity contribution >= 4 is 119 Å². The van der Waals surface area contributed by atoms with Crippen LogP contribution < -0.4 is 37.2 Å². The number of aromatic carboxylic acids is 1. The molecule has 102 heavy (non-hydrogen) atoms. The number of aryl methyl sites for hydroxylation is 3. The van der Waals surface area contributed by atoms with Gasteiger partial charge in [-0.05, 0) is 118 Å². The van der Waals surface area contributed by atoms with E-state index in [2.05, 4.69) is 97.0 Å². The van der Waals surface area contributed by atoms with Gasteiger partial charge in [0.05, 0.1) is 51.7 Å². The van der Waals surface area contributed by atoms with E-state index in [9.17, 15) is 47.0 Å². The number of pyridine rings is 3. The lowest BCUT2D eigenvalue weighted by atomic mass is 9.99. The largest absolute Gasteiger partial charge is 0.476 e. The van der Waals surface area contributed by atoms with Crippen LogP contribution >= 0.6 is 34.0 Å². The van der Waals surface area contributed by atoms with E-state index in [1.807, 2.05) is 48.5 Å². The summed E-state index contributed by atoms with van der Waals surface area (Å²) < 4.78 is 52.3. The molecule has 3 aliphatic rings. The number of nitrogens with zero attached hydrogens (tertiary/aromatic N) is 14. The van der Waals surface area contributed by atoms with Gasteiger partial charge in [0.15, 0.2) is 34.0 Å². The van der Waals surface area contributed by atoms with E-state index in [1.54, 1.807) is 56.8 Å². The van der Waals surface area contributed by atoms with Gasteiger partial charge in [-0.3, -0.25) is 29.3 Å². The number of anilines is 3. The molecule has 0 saturated carbocycles. The zero-order valence-electron chi connectivity index (χ0n) is 58.4. The molecule has 0 radical (unpaired) electrons. The van der Waals surface area contributed by atoms with Gasteiger partial charge >= 0.3 is 18.2 Å². The van der Waals surface area contributed by atoms with Crippen molar-refractivity contribution in [3.63, 3.8) is 0 Å². The number of hydrogen-bond acceptors (Lipinski definition) is 27. The topological polar surface area (TPSA) is 386 Å². The van der Waals surface area contributed by atoms with Crippen LogP contribution in [0.15, 0.2) is 55.4 Å². The number of hydrogen-bond donors (Lipinski definition) is 8. The number of alkyl carbamates (subject to hydrolysis) is 2. The summed E-state index contributed by atoms with van der Waals surface area (Å²) in [6.45, 7) is 29.1. The molecule has 12 rings (SSSR count). The summed E-state index contributed by atoms with van der Waals surface area (Å²) in [7, 11) is 0. The Balaban J connectivity index is 0.000000166. The van der Waals surface area contributed by atoms with Crippen molar-refractivity contribution in [2.24, 2.45) is 17.8 Å². The molecule has 3 aliphatic heterocycles. The van der Waals surface area contributed by atoms with Gasteiger partial charge in [-0.15, -0.1) is 34.0 Å². The van der Waals surface area contributed by atoms with Gasteiger partial charge in [0, 0.05) is 102 Å². The molecule has 8 N–H and O–H groups in total. The second kappa shape index (κ2) is 33.2. The fourth-order valence-corrected chi connectivity index (χ4v) is 12.7. The van der Waals surface area contributed by atoms with E-state index in [-0.39, 0.29) is 83.0 Å². The molecule has 12 heterocycles. The minimum absolute atomic E-state index is 0.0826. The standard InChI is InChI=1S/C23H28FN7O3S.C20H22FN7O2S.C14H12FN5O2S.C9H18N2O2/c1-12(15-6-16(24)9-25-8-15)27-21-29-17(18-19(30-21)28-13(2)35-18)20(32)31-10-14(11-31)7-26-22(33)34-23(3,4)5;1-10(14-4-15(21)7-22-6-14)24-20-26-16(17-18(27-20)25-12(3)31-17)19(30)28-8-13(9-28)5-23-11(2)29;1-6(8-3-9(15)5-16-4-8)17-14-19-10(13(21)22)11-12(20-14)18-7(2)23-11;1-9(2,3)13-8(12)11-6-7-4-10-5-7/h6,8-9,12,14H,7,10-11H2,1-5H3,(H,26,33)(H,27,29,30);4,6-7,10,13H,5,8-9H2,1-3H3,(H,23,29)(H,24,26,27);3-6H,1-2H3,(H,21,22)(H,17,19,20);7,10H,4-6H2,1-3H3,(H,11,12)/t12-;10-;6-;/m000./s1.